The van der Waals surface area contributed by atoms with E-state index in [9.17, 15) is 28.8 Å². The van der Waals surface area contributed by atoms with Gasteiger partial charge in [-0.05, 0) is 12.8 Å². The van der Waals surface area contributed by atoms with Gasteiger partial charge in [-0.3, -0.25) is 38.6 Å². The normalized spacial score (nSPS) is 21.3. The van der Waals surface area contributed by atoms with Gasteiger partial charge in [-0.25, -0.2) is 0 Å². The summed E-state index contributed by atoms with van der Waals surface area (Å²) in [4.78, 5) is 78.0. The summed E-state index contributed by atoms with van der Waals surface area (Å²) >= 11 is 0. The molecule has 0 aromatic heterocycles. The lowest BCUT2D eigenvalue weighted by atomic mass is 10.2. The number of nitrogens with zero attached hydrogens (tertiary/aromatic N) is 4. The second kappa shape index (κ2) is 10.5. The Balaban J connectivity index is 1.96. The fourth-order valence-corrected chi connectivity index (χ4v) is 3.74. The fraction of sp³-hybridized carbons (Fsp3) is 0.700. The molecule has 0 radical (unpaired) electrons. The molecule has 0 aliphatic carbocycles. The molecule has 0 saturated carbocycles. The third-order valence-corrected chi connectivity index (χ3v) is 5.49. The Morgan fingerprint density at radius 2 is 1.16 bits per heavy atom. The number of rotatable bonds is 10. The molecule has 11 nitrogen and oxygen atoms in total. The number of carbonyl (C=O) groups excluding carboxylic acids is 6. The monoisotopic (exact) mass is 438 g/mol. The number of likely N-dealkylation sites (tertiary alicyclic amines) is 2. The van der Waals surface area contributed by atoms with Gasteiger partial charge >= 0.3 is 0 Å². The molecule has 0 aromatic carbocycles. The fourth-order valence-electron chi connectivity index (χ4n) is 3.74. The van der Waals surface area contributed by atoms with E-state index in [1.165, 1.54) is 23.9 Å². The van der Waals surface area contributed by atoms with Crippen LogP contribution in [0.3, 0.4) is 0 Å². The van der Waals surface area contributed by atoms with Crippen molar-refractivity contribution in [3.05, 3.63) is 0 Å². The van der Waals surface area contributed by atoms with Crippen molar-refractivity contribution >= 4 is 35.4 Å². The van der Waals surface area contributed by atoms with Crippen molar-refractivity contribution in [2.24, 2.45) is 0 Å². The van der Waals surface area contributed by atoms with Crippen molar-refractivity contribution in [2.75, 3.05) is 40.4 Å². The lowest BCUT2D eigenvalue weighted by Crippen LogP contribution is -2.48. The zero-order chi connectivity index (χ0) is 23.3. The smallest absolute Gasteiger partial charge is 0.252 e. The van der Waals surface area contributed by atoms with E-state index in [1.807, 2.05) is 13.8 Å². The van der Waals surface area contributed by atoms with Crippen molar-refractivity contribution in [1.82, 2.24) is 19.6 Å². The van der Waals surface area contributed by atoms with Gasteiger partial charge in [0, 0.05) is 27.2 Å². The summed E-state index contributed by atoms with van der Waals surface area (Å²) in [6.07, 6.45) is 1.02. The van der Waals surface area contributed by atoms with E-state index in [0.717, 1.165) is 9.80 Å². The first-order chi connectivity index (χ1) is 14.6. The average molecular weight is 438 g/mol. The second-order valence-corrected chi connectivity index (χ2v) is 7.69. The molecule has 2 heterocycles. The third kappa shape index (κ3) is 5.27. The molecule has 172 valence electrons. The lowest BCUT2D eigenvalue weighted by Gasteiger charge is -2.28. The van der Waals surface area contributed by atoms with Gasteiger partial charge in [-0.2, -0.15) is 0 Å². The van der Waals surface area contributed by atoms with Crippen LogP contribution in [-0.4, -0.2) is 108 Å². The summed E-state index contributed by atoms with van der Waals surface area (Å²) in [5.74, 6) is -2.57. The molecule has 2 saturated heterocycles. The molecule has 0 spiro atoms. The molecule has 2 fully saturated rings. The third-order valence-electron chi connectivity index (χ3n) is 5.49. The summed E-state index contributed by atoms with van der Waals surface area (Å²) in [6.45, 7) is 3.36. The number of hydrogen-bond donors (Lipinski definition) is 0. The Kier molecular flexibility index (Phi) is 8.26. The topological polar surface area (TPSA) is 125 Å². The van der Waals surface area contributed by atoms with Gasteiger partial charge in [-0.15, -0.1) is 0 Å². The predicted octanol–water partition coefficient (Wildman–Crippen LogP) is -1.01. The van der Waals surface area contributed by atoms with Crippen LogP contribution in [0.15, 0.2) is 0 Å². The molecule has 2 unspecified atom stereocenters. The van der Waals surface area contributed by atoms with Gasteiger partial charge in [0.1, 0.15) is 25.3 Å². The molecule has 2 rings (SSSR count). The molecule has 0 bridgehead atoms. The predicted molar refractivity (Wildman–Crippen MR) is 107 cm³/mol. The van der Waals surface area contributed by atoms with Crippen LogP contribution in [0.2, 0.25) is 0 Å². The van der Waals surface area contributed by atoms with Crippen LogP contribution >= 0.6 is 0 Å². The van der Waals surface area contributed by atoms with Crippen LogP contribution in [0, 0.1) is 0 Å². The van der Waals surface area contributed by atoms with E-state index in [0.29, 0.717) is 12.8 Å². The molecular weight excluding hydrogens is 408 g/mol. The van der Waals surface area contributed by atoms with E-state index in [1.54, 1.807) is 0 Å². The molecular formula is C20H30N4O7. The van der Waals surface area contributed by atoms with E-state index in [-0.39, 0.29) is 37.7 Å². The first-order valence-electron chi connectivity index (χ1n) is 10.4. The zero-order valence-corrected chi connectivity index (χ0v) is 18.5. The molecule has 6 amide bonds. The summed E-state index contributed by atoms with van der Waals surface area (Å²) in [5, 5.41) is 0. The Labute approximate surface area is 181 Å². The zero-order valence-electron chi connectivity index (χ0n) is 18.5. The highest BCUT2D eigenvalue weighted by molar-refractivity contribution is 6.07. The number of carbonyl (C=O) groups is 6. The number of ether oxygens (including phenoxy) is 1. The van der Waals surface area contributed by atoms with E-state index >= 15 is 0 Å². The van der Waals surface area contributed by atoms with Crippen LogP contribution in [-0.2, 0) is 33.5 Å². The first-order valence-corrected chi connectivity index (χ1v) is 10.4. The standard InChI is InChI=1S/C20H30N4O7/c1-5-7-23(13-9-15(25)21(3)19(13)29)17(27)11-31-12-18(28)24(8-6-2)14-10-16(26)22(4)20(14)30/h13-14H,5-12H2,1-4H3. The molecule has 2 aliphatic rings. The maximum Gasteiger partial charge on any atom is 0.252 e. The number of hydrogen-bond acceptors (Lipinski definition) is 7. The maximum atomic E-state index is 12.6. The number of amides is 6. The van der Waals surface area contributed by atoms with Gasteiger partial charge in [-0.1, -0.05) is 13.8 Å². The summed E-state index contributed by atoms with van der Waals surface area (Å²) in [6, 6.07) is -1.72. The van der Waals surface area contributed by atoms with Crippen LogP contribution in [0.4, 0.5) is 0 Å². The quantitative estimate of drug-likeness (QED) is 0.401. The van der Waals surface area contributed by atoms with Crippen molar-refractivity contribution in [1.29, 1.82) is 0 Å². The minimum atomic E-state index is -0.862. The minimum absolute atomic E-state index is 0.0738. The Morgan fingerprint density at radius 3 is 1.42 bits per heavy atom. The van der Waals surface area contributed by atoms with Crippen molar-refractivity contribution in [3.63, 3.8) is 0 Å². The van der Waals surface area contributed by atoms with Crippen molar-refractivity contribution in [2.45, 2.75) is 51.6 Å². The second-order valence-electron chi connectivity index (χ2n) is 7.69. The highest BCUT2D eigenvalue weighted by Crippen LogP contribution is 2.19. The highest BCUT2D eigenvalue weighted by Gasteiger charge is 2.42. The molecule has 2 aliphatic heterocycles. The summed E-state index contributed by atoms with van der Waals surface area (Å²) < 4.78 is 5.31. The van der Waals surface area contributed by atoms with Gasteiger partial charge in [0.05, 0.1) is 12.8 Å². The molecule has 0 aromatic rings. The van der Waals surface area contributed by atoms with Crippen LogP contribution in [0.1, 0.15) is 39.5 Å². The summed E-state index contributed by atoms with van der Waals surface area (Å²) in [7, 11) is 2.76. The van der Waals surface area contributed by atoms with E-state index in [4.69, 9.17) is 4.74 Å². The van der Waals surface area contributed by atoms with E-state index in [2.05, 4.69) is 0 Å². The van der Waals surface area contributed by atoms with Gasteiger partial charge in [0.2, 0.25) is 23.6 Å². The Hall–Kier alpha value is -2.82. The molecule has 11 heteroatoms. The Morgan fingerprint density at radius 1 is 0.806 bits per heavy atom. The van der Waals surface area contributed by atoms with Crippen molar-refractivity contribution in [3.8, 4) is 0 Å². The van der Waals surface area contributed by atoms with Crippen LogP contribution in [0.25, 0.3) is 0 Å². The number of imide groups is 2. The Bertz CT molecular complexity index is 707. The highest BCUT2D eigenvalue weighted by atomic mass is 16.5. The SMILES string of the molecule is CCCN(C(=O)COCC(=O)N(CCC)C1CC(=O)N(C)C1=O)C1CC(=O)N(C)C1=O. The van der Waals surface area contributed by atoms with Gasteiger partial charge in [0.25, 0.3) is 11.8 Å². The lowest BCUT2D eigenvalue weighted by molar-refractivity contribution is -0.150. The minimum Gasteiger partial charge on any atom is -0.362 e. The van der Waals surface area contributed by atoms with Crippen LogP contribution < -0.4 is 0 Å². The summed E-state index contributed by atoms with van der Waals surface area (Å²) in [5.41, 5.74) is 0. The maximum absolute atomic E-state index is 12.6. The molecule has 31 heavy (non-hydrogen) atoms. The van der Waals surface area contributed by atoms with Gasteiger partial charge < -0.3 is 14.5 Å². The first kappa shape index (κ1) is 24.4. The van der Waals surface area contributed by atoms with Crippen molar-refractivity contribution < 1.29 is 33.5 Å². The largest absolute Gasteiger partial charge is 0.362 e. The molecule has 0 N–H and O–H groups in total. The van der Waals surface area contributed by atoms with Gasteiger partial charge in [0.15, 0.2) is 0 Å². The number of likely N-dealkylation sites (N-methyl/N-ethyl adjacent to an activating group) is 2. The molecule has 2 atom stereocenters. The van der Waals surface area contributed by atoms with E-state index < -0.39 is 48.9 Å². The average Bonchev–Trinajstić information content (AvgIpc) is 3.14. The van der Waals surface area contributed by atoms with Crippen LogP contribution in [0.5, 0.6) is 0 Å².